The van der Waals surface area contributed by atoms with E-state index in [9.17, 15) is 4.39 Å². The minimum absolute atomic E-state index is 0.0105. The Bertz CT molecular complexity index is 412. The zero-order valence-corrected chi connectivity index (χ0v) is 11.1. The van der Waals surface area contributed by atoms with Gasteiger partial charge in [-0.25, -0.2) is 4.39 Å². The van der Waals surface area contributed by atoms with E-state index in [-0.39, 0.29) is 12.1 Å². The molecule has 0 N–H and O–H groups in total. The molecule has 1 aromatic rings. The molecule has 0 amide bonds. The maximum absolute atomic E-state index is 13.1. The fourth-order valence-electron chi connectivity index (χ4n) is 2.93. The van der Waals surface area contributed by atoms with E-state index in [0.29, 0.717) is 5.92 Å². The number of rotatable bonds is 3. The van der Waals surface area contributed by atoms with Crippen LogP contribution in [0.1, 0.15) is 18.4 Å². The Morgan fingerprint density at radius 1 is 1.16 bits per heavy atom. The molecule has 1 aromatic carbocycles. The summed E-state index contributed by atoms with van der Waals surface area (Å²) in [5.74, 6) is 0.367. The van der Waals surface area contributed by atoms with Crippen LogP contribution in [-0.4, -0.2) is 37.5 Å². The first-order chi connectivity index (χ1) is 9.31. The van der Waals surface area contributed by atoms with Crippen molar-refractivity contribution in [2.75, 3.05) is 26.3 Å². The van der Waals surface area contributed by atoms with Crippen molar-refractivity contribution in [3.8, 4) is 0 Å². The van der Waals surface area contributed by atoms with Gasteiger partial charge in [-0.15, -0.1) is 0 Å². The maximum atomic E-state index is 13.1. The SMILES string of the molecule is Fc1cccc(CN2CCC(C3OCCO3)CC2)c1. The quantitative estimate of drug-likeness (QED) is 0.837. The molecule has 0 unspecified atom stereocenters. The molecular weight excluding hydrogens is 245 g/mol. The van der Waals surface area contributed by atoms with Gasteiger partial charge in [-0.2, -0.15) is 0 Å². The lowest BCUT2D eigenvalue weighted by molar-refractivity contribution is -0.0977. The Labute approximate surface area is 113 Å². The molecule has 19 heavy (non-hydrogen) atoms. The summed E-state index contributed by atoms with van der Waals surface area (Å²) in [7, 11) is 0. The smallest absolute Gasteiger partial charge is 0.160 e. The molecular formula is C15H20FNO2. The van der Waals surface area contributed by atoms with E-state index in [0.717, 1.165) is 51.3 Å². The summed E-state index contributed by atoms with van der Waals surface area (Å²) in [5.41, 5.74) is 1.05. The molecule has 2 saturated heterocycles. The van der Waals surface area contributed by atoms with Crippen LogP contribution in [-0.2, 0) is 16.0 Å². The Hall–Kier alpha value is -0.970. The van der Waals surface area contributed by atoms with Gasteiger partial charge in [0.15, 0.2) is 6.29 Å². The van der Waals surface area contributed by atoms with Gasteiger partial charge < -0.3 is 9.47 Å². The predicted octanol–water partition coefficient (Wildman–Crippen LogP) is 2.41. The second-order valence-corrected chi connectivity index (χ2v) is 5.35. The molecule has 0 spiro atoms. The van der Waals surface area contributed by atoms with Gasteiger partial charge in [0.25, 0.3) is 0 Å². The van der Waals surface area contributed by atoms with Gasteiger partial charge in [0.1, 0.15) is 5.82 Å². The van der Waals surface area contributed by atoms with Crippen LogP contribution in [0.15, 0.2) is 24.3 Å². The highest BCUT2D eigenvalue weighted by Crippen LogP contribution is 2.26. The van der Waals surface area contributed by atoms with Gasteiger partial charge in [-0.3, -0.25) is 4.90 Å². The number of likely N-dealkylation sites (tertiary alicyclic amines) is 1. The van der Waals surface area contributed by atoms with E-state index in [2.05, 4.69) is 4.90 Å². The van der Waals surface area contributed by atoms with E-state index < -0.39 is 0 Å². The maximum Gasteiger partial charge on any atom is 0.160 e. The third-order valence-electron chi connectivity index (χ3n) is 3.96. The summed E-state index contributed by atoms with van der Waals surface area (Å²) in [6.45, 7) is 4.36. The average Bonchev–Trinajstić information content (AvgIpc) is 2.94. The first-order valence-electron chi connectivity index (χ1n) is 7.01. The van der Waals surface area contributed by atoms with Gasteiger partial charge in [0, 0.05) is 12.5 Å². The minimum atomic E-state index is -0.153. The van der Waals surface area contributed by atoms with Crippen molar-refractivity contribution in [2.45, 2.75) is 25.7 Å². The molecule has 2 fully saturated rings. The lowest BCUT2D eigenvalue weighted by Crippen LogP contribution is -2.37. The molecule has 0 radical (unpaired) electrons. The summed E-state index contributed by atoms with van der Waals surface area (Å²) < 4.78 is 24.3. The fourth-order valence-corrected chi connectivity index (χ4v) is 2.93. The van der Waals surface area contributed by atoms with Gasteiger partial charge >= 0.3 is 0 Å². The number of hydrogen-bond donors (Lipinski definition) is 0. The monoisotopic (exact) mass is 265 g/mol. The summed E-state index contributed by atoms with van der Waals surface area (Å²) in [4.78, 5) is 2.38. The fraction of sp³-hybridized carbons (Fsp3) is 0.600. The van der Waals surface area contributed by atoms with Crippen LogP contribution < -0.4 is 0 Å². The molecule has 0 saturated carbocycles. The third-order valence-corrected chi connectivity index (χ3v) is 3.96. The molecule has 0 atom stereocenters. The van der Waals surface area contributed by atoms with Crippen molar-refractivity contribution < 1.29 is 13.9 Å². The Kier molecular flexibility index (Phi) is 4.11. The number of hydrogen-bond acceptors (Lipinski definition) is 3. The lowest BCUT2D eigenvalue weighted by Gasteiger charge is -2.33. The topological polar surface area (TPSA) is 21.7 Å². The third kappa shape index (κ3) is 3.32. The minimum Gasteiger partial charge on any atom is -0.350 e. The second-order valence-electron chi connectivity index (χ2n) is 5.35. The number of benzene rings is 1. The number of nitrogens with zero attached hydrogens (tertiary/aromatic N) is 1. The highest BCUT2D eigenvalue weighted by atomic mass is 19.1. The van der Waals surface area contributed by atoms with Crippen molar-refractivity contribution in [2.24, 2.45) is 5.92 Å². The normalized spacial score (nSPS) is 23.0. The number of piperidine rings is 1. The van der Waals surface area contributed by atoms with Crippen LogP contribution in [0.25, 0.3) is 0 Å². The molecule has 2 aliphatic rings. The van der Waals surface area contributed by atoms with Crippen molar-refractivity contribution in [1.82, 2.24) is 4.90 Å². The largest absolute Gasteiger partial charge is 0.350 e. The summed E-state index contributed by atoms with van der Waals surface area (Å²) in [5, 5.41) is 0. The molecule has 3 nitrogen and oxygen atoms in total. The molecule has 104 valence electrons. The van der Waals surface area contributed by atoms with E-state index in [1.165, 1.54) is 6.07 Å². The van der Waals surface area contributed by atoms with E-state index in [1.807, 2.05) is 6.07 Å². The molecule has 4 heteroatoms. The Balaban J connectivity index is 1.50. The first-order valence-corrected chi connectivity index (χ1v) is 7.01. The van der Waals surface area contributed by atoms with Crippen LogP contribution >= 0.6 is 0 Å². The number of halogens is 1. The predicted molar refractivity (Wildman–Crippen MR) is 70.1 cm³/mol. The van der Waals surface area contributed by atoms with Crippen LogP contribution in [0.3, 0.4) is 0 Å². The zero-order chi connectivity index (χ0) is 13.1. The molecule has 0 aliphatic carbocycles. The second kappa shape index (κ2) is 5.99. The van der Waals surface area contributed by atoms with Crippen LogP contribution in [0.5, 0.6) is 0 Å². The number of ether oxygens (including phenoxy) is 2. The van der Waals surface area contributed by atoms with Crippen molar-refractivity contribution in [3.63, 3.8) is 0 Å². The van der Waals surface area contributed by atoms with Crippen molar-refractivity contribution >= 4 is 0 Å². The molecule has 3 rings (SSSR count). The van der Waals surface area contributed by atoms with Crippen LogP contribution in [0.4, 0.5) is 4.39 Å². The van der Waals surface area contributed by atoms with E-state index >= 15 is 0 Å². The van der Waals surface area contributed by atoms with E-state index in [1.54, 1.807) is 12.1 Å². The molecule has 2 heterocycles. The van der Waals surface area contributed by atoms with Gasteiger partial charge in [-0.05, 0) is 43.6 Å². The highest BCUT2D eigenvalue weighted by Gasteiger charge is 2.30. The summed E-state index contributed by atoms with van der Waals surface area (Å²) in [6.07, 6.45) is 2.20. The van der Waals surface area contributed by atoms with Gasteiger partial charge in [0.05, 0.1) is 13.2 Å². The van der Waals surface area contributed by atoms with Crippen molar-refractivity contribution in [1.29, 1.82) is 0 Å². The molecule has 2 aliphatic heterocycles. The highest BCUT2D eigenvalue weighted by molar-refractivity contribution is 5.16. The van der Waals surface area contributed by atoms with E-state index in [4.69, 9.17) is 9.47 Å². The lowest BCUT2D eigenvalue weighted by atomic mass is 9.96. The van der Waals surface area contributed by atoms with Crippen LogP contribution in [0.2, 0.25) is 0 Å². The molecule has 0 bridgehead atoms. The van der Waals surface area contributed by atoms with Gasteiger partial charge in [-0.1, -0.05) is 12.1 Å². The first kappa shape index (κ1) is 13.0. The van der Waals surface area contributed by atoms with Crippen LogP contribution in [0, 0.1) is 11.7 Å². The summed E-state index contributed by atoms with van der Waals surface area (Å²) in [6, 6.07) is 6.87. The standard InChI is InChI=1S/C15H20FNO2/c16-14-3-1-2-12(10-14)11-17-6-4-13(5-7-17)15-18-8-9-19-15/h1-3,10,13,15H,4-9,11H2. The zero-order valence-electron chi connectivity index (χ0n) is 11.1. The van der Waals surface area contributed by atoms with Crippen molar-refractivity contribution in [3.05, 3.63) is 35.6 Å². The Morgan fingerprint density at radius 2 is 1.89 bits per heavy atom. The Morgan fingerprint density at radius 3 is 2.58 bits per heavy atom. The average molecular weight is 265 g/mol. The molecule has 0 aromatic heterocycles. The van der Waals surface area contributed by atoms with Gasteiger partial charge in [0.2, 0.25) is 0 Å². The summed E-state index contributed by atoms with van der Waals surface area (Å²) >= 11 is 0.